The van der Waals surface area contributed by atoms with Crippen LogP contribution in [0.4, 0.5) is 0 Å². The topological polar surface area (TPSA) is 56.5 Å². The van der Waals surface area contributed by atoms with Gasteiger partial charge >= 0.3 is 11.6 Å². The second-order valence-electron chi connectivity index (χ2n) is 5.24. The molecule has 1 aromatic carbocycles. The van der Waals surface area contributed by atoms with Crippen LogP contribution in [0.15, 0.2) is 52.2 Å². The van der Waals surface area contributed by atoms with Crippen molar-refractivity contribution < 1.29 is 13.9 Å². The summed E-state index contributed by atoms with van der Waals surface area (Å²) in [5, 5.41) is 0. The molecule has 0 unspecified atom stereocenters. The molecular weight excluding hydrogens is 292 g/mol. The molecule has 4 nitrogen and oxygen atoms in total. The Kier molecular flexibility index (Phi) is 5.52. The maximum atomic E-state index is 12.3. The Bertz CT molecular complexity index is 757. The monoisotopic (exact) mass is 312 g/mol. The van der Waals surface area contributed by atoms with Crippen LogP contribution in [-0.4, -0.2) is 5.97 Å². The molecule has 0 radical (unpaired) electrons. The Morgan fingerprint density at radius 1 is 1.30 bits per heavy atom. The molecule has 2 rings (SSSR count). The molecule has 1 aromatic heterocycles. The molecule has 2 aromatic rings. The SMILES string of the molecule is C=CCc1oc(=O)c(C)c(OC(=O)c2ccccc2)c1CCC. The van der Waals surface area contributed by atoms with Crippen molar-refractivity contribution in [3.63, 3.8) is 0 Å². The number of carbonyl (C=O) groups excluding carboxylic acids is 1. The van der Waals surface area contributed by atoms with E-state index in [4.69, 9.17) is 9.15 Å². The van der Waals surface area contributed by atoms with Crippen LogP contribution >= 0.6 is 0 Å². The zero-order valence-corrected chi connectivity index (χ0v) is 13.4. The maximum Gasteiger partial charge on any atom is 0.343 e. The van der Waals surface area contributed by atoms with Gasteiger partial charge in [-0.25, -0.2) is 9.59 Å². The molecule has 0 aliphatic carbocycles. The largest absolute Gasteiger partial charge is 0.427 e. The molecule has 1 heterocycles. The third kappa shape index (κ3) is 3.77. The van der Waals surface area contributed by atoms with Gasteiger partial charge < -0.3 is 9.15 Å². The summed E-state index contributed by atoms with van der Waals surface area (Å²) in [6.07, 6.45) is 3.58. The average molecular weight is 312 g/mol. The summed E-state index contributed by atoms with van der Waals surface area (Å²) in [6, 6.07) is 8.70. The first-order valence-corrected chi connectivity index (χ1v) is 7.62. The first-order valence-electron chi connectivity index (χ1n) is 7.62. The van der Waals surface area contributed by atoms with Gasteiger partial charge in [-0.15, -0.1) is 6.58 Å². The Labute approximate surface area is 135 Å². The van der Waals surface area contributed by atoms with Crippen molar-refractivity contribution in [1.29, 1.82) is 0 Å². The quantitative estimate of drug-likeness (QED) is 0.600. The van der Waals surface area contributed by atoms with Crippen molar-refractivity contribution in [2.75, 3.05) is 0 Å². The number of benzene rings is 1. The van der Waals surface area contributed by atoms with Crippen LogP contribution < -0.4 is 10.4 Å². The van der Waals surface area contributed by atoms with E-state index in [-0.39, 0.29) is 0 Å². The summed E-state index contributed by atoms with van der Waals surface area (Å²) in [5.74, 6) is 0.336. The first kappa shape index (κ1) is 16.7. The van der Waals surface area contributed by atoms with Crippen LogP contribution in [0.25, 0.3) is 0 Å². The van der Waals surface area contributed by atoms with Crippen LogP contribution in [0.2, 0.25) is 0 Å². The Morgan fingerprint density at radius 3 is 2.61 bits per heavy atom. The zero-order chi connectivity index (χ0) is 16.8. The highest BCUT2D eigenvalue weighted by atomic mass is 16.5. The maximum absolute atomic E-state index is 12.3. The third-order valence-corrected chi connectivity index (χ3v) is 3.51. The molecule has 0 N–H and O–H groups in total. The molecule has 0 aliphatic rings. The van der Waals surface area contributed by atoms with Crippen molar-refractivity contribution in [3.05, 3.63) is 75.9 Å². The summed E-state index contributed by atoms with van der Waals surface area (Å²) in [7, 11) is 0. The van der Waals surface area contributed by atoms with Gasteiger partial charge in [-0.3, -0.25) is 0 Å². The second-order valence-corrected chi connectivity index (χ2v) is 5.24. The molecule has 0 atom stereocenters. The van der Waals surface area contributed by atoms with E-state index in [1.54, 1.807) is 37.3 Å². The van der Waals surface area contributed by atoms with Gasteiger partial charge in [0.1, 0.15) is 11.5 Å². The number of hydrogen-bond acceptors (Lipinski definition) is 4. The van der Waals surface area contributed by atoms with Crippen molar-refractivity contribution >= 4 is 5.97 Å². The Balaban J connectivity index is 2.49. The molecule has 23 heavy (non-hydrogen) atoms. The van der Waals surface area contributed by atoms with E-state index >= 15 is 0 Å². The molecule has 120 valence electrons. The highest BCUT2D eigenvalue weighted by molar-refractivity contribution is 5.91. The fraction of sp³-hybridized carbons (Fsp3) is 0.263. The fourth-order valence-electron chi connectivity index (χ4n) is 2.36. The lowest BCUT2D eigenvalue weighted by Gasteiger charge is -2.14. The zero-order valence-electron chi connectivity index (χ0n) is 13.4. The minimum atomic E-state index is -0.488. The van der Waals surface area contributed by atoms with Crippen molar-refractivity contribution in [3.8, 4) is 5.75 Å². The van der Waals surface area contributed by atoms with E-state index in [0.717, 1.165) is 12.0 Å². The number of allylic oxidation sites excluding steroid dienone is 1. The molecule has 0 fully saturated rings. The number of rotatable bonds is 6. The van der Waals surface area contributed by atoms with Gasteiger partial charge in [0.05, 0.1) is 11.1 Å². The average Bonchev–Trinajstić information content (AvgIpc) is 2.56. The molecule has 0 amide bonds. The van der Waals surface area contributed by atoms with Crippen LogP contribution in [0.5, 0.6) is 5.75 Å². The predicted molar refractivity (Wildman–Crippen MR) is 89.0 cm³/mol. The molecule has 4 heteroatoms. The summed E-state index contributed by atoms with van der Waals surface area (Å²) >= 11 is 0. The number of hydrogen-bond donors (Lipinski definition) is 0. The molecule has 0 aliphatic heterocycles. The number of ether oxygens (including phenoxy) is 1. The summed E-state index contributed by atoms with van der Waals surface area (Å²) < 4.78 is 10.9. The van der Waals surface area contributed by atoms with Crippen LogP contribution in [0.3, 0.4) is 0 Å². The lowest BCUT2D eigenvalue weighted by atomic mass is 10.0. The number of carbonyl (C=O) groups is 1. The number of esters is 1. The smallest absolute Gasteiger partial charge is 0.343 e. The standard InChI is InChI=1S/C19H20O4/c1-4-9-15-16(10-5-2)22-18(20)13(3)17(15)23-19(21)14-11-7-6-8-12-14/h5-8,11-12H,2,4,9-10H2,1,3H3. The second kappa shape index (κ2) is 7.58. The van der Waals surface area contributed by atoms with Gasteiger partial charge in [0, 0.05) is 12.0 Å². The Hall–Kier alpha value is -2.62. The molecule has 0 saturated carbocycles. The van der Waals surface area contributed by atoms with Crippen molar-refractivity contribution in [2.45, 2.75) is 33.1 Å². The summed E-state index contributed by atoms with van der Waals surface area (Å²) in [5.41, 5.74) is 1.02. The minimum absolute atomic E-state index is 0.311. The normalized spacial score (nSPS) is 10.3. The minimum Gasteiger partial charge on any atom is -0.427 e. The van der Waals surface area contributed by atoms with E-state index in [1.165, 1.54) is 0 Å². The fourth-order valence-corrected chi connectivity index (χ4v) is 2.36. The van der Waals surface area contributed by atoms with Gasteiger partial charge in [-0.2, -0.15) is 0 Å². The molecule has 0 saturated heterocycles. The van der Waals surface area contributed by atoms with Gasteiger partial charge in [-0.05, 0) is 25.5 Å². The van der Waals surface area contributed by atoms with Gasteiger partial charge in [0.25, 0.3) is 0 Å². The van der Waals surface area contributed by atoms with Crippen molar-refractivity contribution in [2.24, 2.45) is 0 Å². The van der Waals surface area contributed by atoms with E-state index in [0.29, 0.717) is 35.5 Å². The van der Waals surface area contributed by atoms with Gasteiger partial charge in [0.15, 0.2) is 0 Å². The Morgan fingerprint density at radius 2 is 2.00 bits per heavy atom. The van der Waals surface area contributed by atoms with Crippen LogP contribution in [0, 0.1) is 6.92 Å². The van der Waals surface area contributed by atoms with E-state index < -0.39 is 11.6 Å². The van der Waals surface area contributed by atoms with Crippen molar-refractivity contribution in [1.82, 2.24) is 0 Å². The lowest BCUT2D eigenvalue weighted by Crippen LogP contribution is -2.17. The predicted octanol–water partition coefficient (Wildman–Crippen LogP) is 3.85. The van der Waals surface area contributed by atoms with E-state index in [9.17, 15) is 9.59 Å². The van der Waals surface area contributed by atoms with Crippen LogP contribution in [0.1, 0.15) is 40.6 Å². The highest BCUT2D eigenvalue weighted by Gasteiger charge is 2.20. The first-order chi connectivity index (χ1) is 11.1. The molecule has 0 bridgehead atoms. The van der Waals surface area contributed by atoms with E-state index in [1.807, 2.05) is 13.0 Å². The van der Waals surface area contributed by atoms with E-state index in [2.05, 4.69) is 6.58 Å². The third-order valence-electron chi connectivity index (χ3n) is 3.51. The van der Waals surface area contributed by atoms with Gasteiger partial charge in [-0.1, -0.05) is 37.6 Å². The van der Waals surface area contributed by atoms with Crippen LogP contribution in [-0.2, 0) is 12.8 Å². The lowest BCUT2D eigenvalue weighted by molar-refractivity contribution is 0.0730. The highest BCUT2D eigenvalue weighted by Crippen LogP contribution is 2.27. The summed E-state index contributed by atoms with van der Waals surface area (Å²) in [6.45, 7) is 7.30. The molecule has 0 spiro atoms. The summed E-state index contributed by atoms with van der Waals surface area (Å²) in [4.78, 5) is 24.3. The molecular formula is C19H20O4. The van der Waals surface area contributed by atoms with Gasteiger partial charge in [0.2, 0.25) is 0 Å².